The highest BCUT2D eigenvalue weighted by Crippen LogP contribution is 2.30. The smallest absolute Gasteiger partial charge is 0.235 e. The Kier molecular flexibility index (Phi) is 1.28. The molecule has 0 aliphatic heterocycles. The number of hydrogen-bond donors (Lipinski definition) is 1. The van der Waals surface area contributed by atoms with Gasteiger partial charge >= 0.3 is 0 Å². The van der Waals surface area contributed by atoms with E-state index in [1.165, 1.54) is 0 Å². The average molecular weight is 165 g/mol. The molecule has 1 rings (SSSR count). The van der Waals surface area contributed by atoms with Crippen LogP contribution >= 0.6 is 11.6 Å². The van der Waals surface area contributed by atoms with E-state index in [2.05, 4.69) is 5.32 Å². The average Bonchev–Trinajstić information content (AvgIpc) is 1.93. The lowest BCUT2D eigenvalue weighted by Gasteiger charge is -2.38. The maximum absolute atomic E-state index is 11.0. The highest BCUT2D eigenvalue weighted by atomic mass is 35.5. The van der Waals surface area contributed by atoms with Gasteiger partial charge in [-0.1, -0.05) is 0 Å². The van der Waals surface area contributed by atoms with Crippen LogP contribution in [0.1, 0.15) is 30.2 Å². The summed E-state index contributed by atoms with van der Waals surface area (Å²) in [6, 6.07) is 0. The van der Waals surface area contributed by atoms with Crippen LogP contribution in [0.2, 0.25) is 0 Å². The van der Waals surface area contributed by atoms with Crippen LogP contribution in [0.25, 0.3) is 0 Å². The molecule has 0 atom stereocenters. The highest BCUT2D eigenvalue weighted by Gasteiger charge is 2.32. The van der Waals surface area contributed by atoms with Gasteiger partial charge in [0.2, 0.25) is 5.91 Å². The SMILES string of the molecule is [2H]C([2H])([2H])C1(NC(=O)CCl)CCC1. The van der Waals surface area contributed by atoms with E-state index in [1.807, 2.05) is 0 Å². The molecule has 1 aliphatic carbocycles. The van der Waals surface area contributed by atoms with Crippen LogP contribution in [0.4, 0.5) is 0 Å². The van der Waals surface area contributed by atoms with E-state index in [9.17, 15) is 4.79 Å². The van der Waals surface area contributed by atoms with Crippen molar-refractivity contribution in [2.45, 2.75) is 31.7 Å². The minimum atomic E-state index is -2.12. The minimum absolute atomic E-state index is 0.183. The maximum Gasteiger partial charge on any atom is 0.235 e. The molecule has 1 fully saturated rings. The third kappa shape index (κ3) is 1.63. The molecule has 10 heavy (non-hydrogen) atoms. The molecule has 3 heteroatoms. The molecular weight excluding hydrogens is 150 g/mol. The number of alkyl halides is 1. The molecule has 1 amide bonds. The molecule has 0 aromatic carbocycles. The Morgan fingerprint density at radius 2 is 2.60 bits per heavy atom. The van der Waals surface area contributed by atoms with Crippen molar-refractivity contribution in [1.29, 1.82) is 0 Å². The first-order valence-electron chi connectivity index (χ1n) is 4.78. The van der Waals surface area contributed by atoms with Crippen molar-refractivity contribution in [3.8, 4) is 0 Å². The molecule has 0 radical (unpaired) electrons. The van der Waals surface area contributed by atoms with E-state index in [4.69, 9.17) is 15.7 Å². The topological polar surface area (TPSA) is 29.1 Å². The molecule has 0 spiro atoms. The molecular formula is C7H12ClNO. The minimum Gasteiger partial charge on any atom is -0.350 e. The van der Waals surface area contributed by atoms with Crippen molar-refractivity contribution in [3.05, 3.63) is 0 Å². The quantitative estimate of drug-likeness (QED) is 0.613. The fourth-order valence-electron chi connectivity index (χ4n) is 0.956. The van der Waals surface area contributed by atoms with Crippen LogP contribution in [0, 0.1) is 0 Å². The number of carbonyl (C=O) groups is 1. The summed E-state index contributed by atoms with van der Waals surface area (Å²) in [5, 5.41) is 2.49. The van der Waals surface area contributed by atoms with Crippen molar-refractivity contribution in [1.82, 2.24) is 5.32 Å². The van der Waals surface area contributed by atoms with Crippen LogP contribution < -0.4 is 5.32 Å². The molecule has 0 aromatic rings. The number of carbonyl (C=O) groups excluding carboxylic acids is 1. The van der Waals surface area contributed by atoms with Crippen LogP contribution in [0.5, 0.6) is 0 Å². The molecule has 0 aromatic heterocycles. The number of hydrogen-bond acceptors (Lipinski definition) is 1. The Balaban J connectivity index is 2.66. The Bertz CT molecular complexity index is 212. The summed E-state index contributed by atoms with van der Waals surface area (Å²) < 4.78 is 21.8. The molecule has 0 bridgehead atoms. The van der Waals surface area contributed by atoms with Gasteiger partial charge in [0.05, 0.1) is 0 Å². The number of amides is 1. The van der Waals surface area contributed by atoms with Crippen molar-refractivity contribution >= 4 is 17.5 Å². The second-order valence-electron chi connectivity index (χ2n) is 2.62. The Morgan fingerprint density at radius 1 is 1.90 bits per heavy atom. The van der Waals surface area contributed by atoms with Crippen LogP contribution in [0.3, 0.4) is 0 Å². The summed E-state index contributed by atoms with van der Waals surface area (Å²) >= 11 is 5.29. The van der Waals surface area contributed by atoms with Gasteiger partial charge < -0.3 is 5.32 Å². The Labute approximate surface area is 70.2 Å². The van der Waals surface area contributed by atoms with Gasteiger partial charge in [-0.05, 0) is 26.1 Å². The van der Waals surface area contributed by atoms with E-state index in [1.54, 1.807) is 0 Å². The standard InChI is InChI=1S/C7H12ClNO/c1-7(3-2-4-7)9-6(10)5-8/h2-5H2,1H3,(H,9,10)/i1D3. The van der Waals surface area contributed by atoms with Gasteiger partial charge in [-0.15, -0.1) is 11.6 Å². The van der Waals surface area contributed by atoms with Gasteiger partial charge in [-0.3, -0.25) is 4.79 Å². The normalized spacial score (nSPS) is 27.1. The van der Waals surface area contributed by atoms with Gasteiger partial charge in [-0.2, -0.15) is 0 Å². The lowest BCUT2D eigenvalue weighted by molar-refractivity contribution is -0.121. The number of halogens is 1. The fourth-order valence-corrected chi connectivity index (χ4v) is 1.02. The Hall–Kier alpha value is -0.240. The van der Waals surface area contributed by atoms with Crippen molar-refractivity contribution < 1.29 is 8.91 Å². The largest absolute Gasteiger partial charge is 0.350 e. The third-order valence-electron chi connectivity index (χ3n) is 1.71. The number of nitrogens with one attached hydrogen (secondary N) is 1. The van der Waals surface area contributed by atoms with E-state index < -0.39 is 18.3 Å². The molecule has 0 heterocycles. The molecule has 1 N–H and O–H groups in total. The Morgan fingerprint density at radius 3 is 2.90 bits per heavy atom. The first-order valence-corrected chi connectivity index (χ1v) is 3.82. The predicted molar refractivity (Wildman–Crippen MR) is 41.1 cm³/mol. The molecule has 1 saturated carbocycles. The summed E-state index contributed by atoms with van der Waals surface area (Å²) in [6.07, 6.45) is 1.89. The first kappa shape index (κ1) is 4.60. The second kappa shape index (κ2) is 2.79. The fraction of sp³-hybridized carbons (Fsp3) is 0.857. The monoisotopic (exact) mass is 164 g/mol. The summed E-state index contributed by atoms with van der Waals surface area (Å²) in [4.78, 5) is 11.0. The zero-order valence-corrected chi connectivity index (χ0v) is 6.37. The summed E-state index contributed by atoms with van der Waals surface area (Å²) in [5.74, 6) is -0.588. The third-order valence-corrected chi connectivity index (χ3v) is 1.95. The summed E-state index contributed by atoms with van der Waals surface area (Å²) in [7, 11) is 0. The van der Waals surface area contributed by atoms with Crippen LogP contribution in [-0.2, 0) is 4.79 Å². The molecule has 0 unspecified atom stereocenters. The van der Waals surface area contributed by atoms with Crippen LogP contribution in [-0.4, -0.2) is 17.3 Å². The van der Waals surface area contributed by atoms with Crippen LogP contribution in [0.15, 0.2) is 0 Å². The first-order chi connectivity index (χ1) is 5.91. The zero-order valence-electron chi connectivity index (χ0n) is 8.61. The van der Waals surface area contributed by atoms with Gasteiger partial charge in [0.15, 0.2) is 0 Å². The van der Waals surface area contributed by atoms with Crippen molar-refractivity contribution in [2.75, 3.05) is 5.88 Å². The van der Waals surface area contributed by atoms with Crippen molar-refractivity contribution in [2.24, 2.45) is 0 Å². The molecule has 2 nitrogen and oxygen atoms in total. The molecule has 58 valence electrons. The number of rotatable bonds is 2. The summed E-state index contributed by atoms with van der Waals surface area (Å²) in [6.45, 7) is -2.12. The van der Waals surface area contributed by atoms with Crippen molar-refractivity contribution in [3.63, 3.8) is 0 Å². The van der Waals surface area contributed by atoms with Gasteiger partial charge in [0.25, 0.3) is 0 Å². The maximum atomic E-state index is 11.0. The highest BCUT2D eigenvalue weighted by molar-refractivity contribution is 6.27. The van der Waals surface area contributed by atoms with Gasteiger partial charge in [0.1, 0.15) is 5.88 Å². The van der Waals surface area contributed by atoms with E-state index >= 15 is 0 Å². The lowest BCUT2D eigenvalue weighted by Crippen LogP contribution is -2.51. The van der Waals surface area contributed by atoms with Gasteiger partial charge in [0, 0.05) is 9.65 Å². The molecule has 1 aliphatic rings. The predicted octanol–water partition coefficient (Wildman–Crippen LogP) is 1.28. The second-order valence-corrected chi connectivity index (χ2v) is 2.88. The zero-order chi connectivity index (χ0) is 10.1. The van der Waals surface area contributed by atoms with E-state index in [0.29, 0.717) is 12.8 Å². The van der Waals surface area contributed by atoms with E-state index in [0.717, 1.165) is 6.42 Å². The van der Waals surface area contributed by atoms with Gasteiger partial charge in [-0.25, -0.2) is 0 Å². The van der Waals surface area contributed by atoms with E-state index in [-0.39, 0.29) is 5.88 Å². The lowest BCUT2D eigenvalue weighted by atomic mass is 9.78. The summed E-state index contributed by atoms with van der Waals surface area (Å²) in [5.41, 5.74) is -1.00. The molecule has 0 saturated heterocycles.